The fourth-order valence-corrected chi connectivity index (χ4v) is 4.14. The second-order valence-electron chi connectivity index (χ2n) is 6.41. The Hall–Kier alpha value is -1.60. The second kappa shape index (κ2) is 7.53. The molecule has 3 rings (SSSR count). The molecule has 0 atom stereocenters. The van der Waals surface area contributed by atoms with E-state index < -0.39 is 4.92 Å². The molecular weight excluding hydrogens is 326 g/mol. The van der Waals surface area contributed by atoms with E-state index in [2.05, 4.69) is 4.90 Å². The van der Waals surface area contributed by atoms with Crippen LogP contribution in [0, 0.1) is 10.1 Å². The first-order valence-electron chi connectivity index (χ1n) is 8.46. The molecule has 130 valence electrons. The first kappa shape index (κ1) is 17.2. The van der Waals surface area contributed by atoms with Crippen molar-refractivity contribution in [1.29, 1.82) is 0 Å². The minimum atomic E-state index is -0.466. The monoisotopic (exact) mass is 349 g/mol. The van der Waals surface area contributed by atoms with E-state index in [1.54, 1.807) is 17.0 Å². The van der Waals surface area contributed by atoms with Crippen molar-refractivity contribution in [3.63, 3.8) is 0 Å². The molecule has 0 aromatic heterocycles. The van der Waals surface area contributed by atoms with Gasteiger partial charge in [-0.3, -0.25) is 19.8 Å². The molecule has 6 nitrogen and oxygen atoms in total. The third kappa shape index (κ3) is 3.57. The Labute approximate surface area is 146 Å². The number of rotatable bonds is 4. The lowest BCUT2D eigenvalue weighted by atomic mass is 10.1. The molecule has 1 heterocycles. The molecule has 1 aliphatic carbocycles. The van der Waals surface area contributed by atoms with Gasteiger partial charge in [-0.25, -0.2) is 0 Å². The predicted molar refractivity (Wildman–Crippen MR) is 94.6 cm³/mol. The fourth-order valence-electron chi connectivity index (χ4n) is 3.70. The SMILES string of the molecule is CSc1ccc([N+](=O)[O-])c(C(=O)N2CCN(C3CCCC3)CC2)c1. The maximum absolute atomic E-state index is 12.8. The first-order chi connectivity index (χ1) is 11.6. The molecule has 1 saturated heterocycles. The number of thioether (sulfide) groups is 1. The zero-order valence-electron chi connectivity index (χ0n) is 13.9. The maximum Gasteiger partial charge on any atom is 0.282 e. The van der Waals surface area contributed by atoms with Gasteiger partial charge >= 0.3 is 0 Å². The predicted octanol–water partition coefficient (Wildman–Crippen LogP) is 3.02. The Morgan fingerprint density at radius 3 is 2.46 bits per heavy atom. The molecule has 1 saturated carbocycles. The molecule has 7 heteroatoms. The van der Waals surface area contributed by atoms with E-state index in [4.69, 9.17) is 0 Å². The number of benzene rings is 1. The van der Waals surface area contributed by atoms with E-state index in [1.807, 2.05) is 6.26 Å². The van der Waals surface area contributed by atoms with Crippen molar-refractivity contribution >= 4 is 23.4 Å². The summed E-state index contributed by atoms with van der Waals surface area (Å²) in [6.45, 7) is 3.03. The van der Waals surface area contributed by atoms with Gasteiger partial charge in [0.2, 0.25) is 0 Å². The van der Waals surface area contributed by atoms with E-state index >= 15 is 0 Å². The number of hydrogen-bond donors (Lipinski definition) is 0. The summed E-state index contributed by atoms with van der Waals surface area (Å²) in [6.07, 6.45) is 7.02. The number of nitro benzene ring substituents is 1. The van der Waals surface area contributed by atoms with Crippen LogP contribution in [-0.4, -0.2) is 59.1 Å². The molecule has 1 aromatic carbocycles. The number of carbonyl (C=O) groups excluding carboxylic acids is 1. The molecule has 2 fully saturated rings. The molecule has 0 radical (unpaired) electrons. The average molecular weight is 349 g/mol. The summed E-state index contributed by atoms with van der Waals surface area (Å²) in [5, 5.41) is 11.3. The molecule has 2 aliphatic rings. The normalized spacial score (nSPS) is 19.6. The van der Waals surface area contributed by atoms with Gasteiger partial charge in [-0.05, 0) is 31.2 Å². The Kier molecular flexibility index (Phi) is 5.40. The van der Waals surface area contributed by atoms with Crippen molar-refractivity contribution in [2.75, 3.05) is 32.4 Å². The minimum absolute atomic E-state index is 0.101. The number of hydrogen-bond acceptors (Lipinski definition) is 5. The van der Waals surface area contributed by atoms with Gasteiger partial charge < -0.3 is 4.90 Å². The lowest BCUT2D eigenvalue weighted by molar-refractivity contribution is -0.385. The quantitative estimate of drug-likeness (QED) is 0.475. The molecule has 24 heavy (non-hydrogen) atoms. The number of nitrogens with zero attached hydrogens (tertiary/aromatic N) is 3. The summed E-state index contributed by atoms with van der Waals surface area (Å²) in [4.78, 5) is 28.7. The molecule has 1 aliphatic heterocycles. The smallest absolute Gasteiger partial charge is 0.282 e. The average Bonchev–Trinajstić information content (AvgIpc) is 3.15. The molecule has 0 unspecified atom stereocenters. The van der Waals surface area contributed by atoms with Crippen LogP contribution in [0.2, 0.25) is 0 Å². The van der Waals surface area contributed by atoms with Crippen LogP contribution in [0.1, 0.15) is 36.0 Å². The van der Waals surface area contributed by atoms with Crippen LogP contribution < -0.4 is 0 Å². The molecule has 1 amide bonds. The Balaban J connectivity index is 1.71. The number of nitro groups is 1. The van der Waals surface area contributed by atoms with Crippen LogP contribution in [0.15, 0.2) is 23.1 Å². The minimum Gasteiger partial charge on any atom is -0.336 e. The maximum atomic E-state index is 12.8. The molecular formula is C17H23N3O3S. The van der Waals surface area contributed by atoms with E-state index in [9.17, 15) is 14.9 Å². The summed E-state index contributed by atoms with van der Waals surface area (Å²) in [7, 11) is 0. The molecule has 0 bridgehead atoms. The molecule has 0 spiro atoms. The first-order valence-corrected chi connectivity index (χ1v) is 9.68. The highest BCUT2D eigenvalue weighted by Crippen LogP contribution is 2.28. The van der Waals surface area contributed by atoms with Gasteiger partial charge in [-0.15, -0.1) is 11.8 Å². The van der Waals surface area contributed by atoms with Crippen molar-refractivity contribution in [1.82, 2.24) is 9.80 Å². The number of amides is 1. The third-order valence-corrected chi connectivity index (χ3v) is 5.80. The van der Waals surface area contributed by atoms with Crippen LogP contribution in [0.4, 0.5) is 5.69 Å². The van der Waals surface area contributed by atoms with Crippen LogP contribution in [0.3, 0.4) is 0 Å². The second-order valence-corrected chi connectivity index (χ2v) is 7.29. The Bertz CT molecular complexity index is 624. The summed E-state index contributed by atoms with van der Waals surface area (Å²) >= 11 is 1.48. The van der Waals surface area contributed by atoms with Crippen LogP contribution in [-0.2, 0) is 0 Å². The largest absolute Gasteiger partial charge is 0.336 e. The van der Waals surface area contributed by atoms with E-state index in [0.29, 0.717) is 19.1 Å². The van der Waals surface area contributed by atoms with Crippen molar-refractivity contribution in [2.24, 2.45) is 0 Å². The van der Waals surface area contributed by atoms with Gasteiger partial charge in [0.15, 0.2) is 0 Å². The van der Waals surface area contributed by atoms with Gasteiger partial charge in [0.25, 0.3) is 11.6 Å². The summed E-state index contributed by atoms with van der Waals surface area (Å²) in [5.41, 5.74) is 0.109. The highest BCUT2D eigenvalue weighted by molar-refractivity contribution is 7.98. The van der Waals surface area contributed by atoms with Gasteiger partial charge in [0.05, 0.1) is 4.92 Å². The zero-order chi connectivity index (χ0) is 17.1. The van der Waals surface area contributed by atoms with Crippen molar-refractivity contribution in [3.8, 4) is 0 Å². The molecule has 0 N–H and O–H groups in total. The lowest BCUT2D eigenvalue weighted by Crippen LogP contribution is -2.51. The Morgan fingerprint density at radius 2 is 1.88 bits per heavy atom. The van der Waals surface area contributed by atoms with Crippen molar-refractivity contribution in [3.05, 3.63) is 33.9 Å². The summed E-state index contributed by atoms with van der Waals surface area (Å²) < 4.78 is 0. The van der Waals surface area contributed by atoms with Crippen LogP contribution >= 0.6 is 11.8 Å². The standard InChI is InChI=1S/C17H23N3O3S/c1-24-14-6-7-16(20(22)23)15(12-14)17(21)19-10-8-18(9-11-19)13-4-2-3-5-13/h6-7,12-13H,2-5,8-11H2,1H3. The van der Waals surface area contributed by atoms with Crippen LogP contribution in [0.5, 0.6) is 0 Å². The summed E-state index contributed by atoms with van der Waals surface area (Å²) in [6, 6.07) is 5.44. The highest BCUT2D eigenvalue weighted by atomic mass is 32.2. The van der Waals surface area contributed by atoms with Gasteiger partial charge in [-0.1, -0.05) is 12.8 Å². The van der Waals surface area contributed by atoms with Gasteiger partial charge in [0, 0.05) is 43.2 Å². The summed E-state index contributed by atoms with van der Waals surface area (Å²) in [5.74, 6) is -0.219. The Morgan fingerprint density at radius 1 is 1.21 bits per heavy atom. The fraction of sp³-hybridized carbons (Fsp3) is 0.588. The molecule has 1 aromatic rings. The lowest BCUT2D eigenvalue weighted by Gasteiger charge is -2.38. The topological polar surface area (TPSA) is 66.7 Å². The van der Waals surface area contributed by atoms with E-state index in [-0.39, 0.29) is 17.2 Å². The third-order valence-electron chi connectivity index (χ3n) is 5.07. The zero-order valence-corrected chi connectivity index (χ0v) is 14.8. The van der Waals surface area contributed by atoms with E-state index in [1.165, 1.54) is 43.5 Å². The highest BCUT2D eigenvalue weighted by Gasteiger charge is 2.30. The van der Waals surface area contributed by atoms with E-state index in [0.717, 1.165) is 18.0 Å². The van der Waals surface area contributed by atoms with Crippen molar-refractivity contribution in [2.45, 2.75) is 36.6 Å². The van der Waals surface area contributed by atoms with Crippen molar-refractivity contribution < 1.29 is 9.72 Å². The number of piperazine rings is 1. The number of carbonyl (C=O) groups is 1. The van der Waals surface area contributed by atoms with Gasteiger partial charge in [0.1, 0.15) is 5.56 Å². The van der Waals surface area contributed by atoms with Crippen LogP contribution in [0.25, 0.3) is 0 Å². The van der Waals surface area contributed by atoms with Gasteiger partial charge in [-0.2, -0.15) is 0 Å².